The second-order valence-electron chi connectivity index (χ2n) is 6.71. The van der Waals surface area contributed by atoms with Crippen LogP contribution in [0.15, 0.2) is 24.3 Å². The maximum Gasteiger partial charge on any atom is 0.338 e. The highest BCUT2D eigenvalue weighted by Crippen LogP contribution is 2.39. The van der Waals surface area contributed by atoms with E-state index >= 15 is 0 Å². The van der Waals surface area contributed by atoms with Crippen molar-refractivity contribution >= 4 is 23.5 Å². The van der Waals surface area contributed by atoms with Gasteiger partial charge in [-0.3, -0.25) is 9.59 Å². The molecule has 1 aliphatic rings. The quantitative estimate of drug-likeness (QED) is 0.709. The summed E-state index contributed by atoms with van der Waals surface area (Å²) < 4.78 is 4.91. The molecule has 0 spiro atoms. The molecule has 6 heteroatoms. The zero-order chi connectivity index (χ0) is 18.4. The van der Waals surface area contributed by atoms with Crippen molar-refractivity contribution in [1.82, 2.24) is 5.32 Å². The van der Waals surface area contributed by atoms with Crippen molar-refractivity contribution in [2.45, 2.75) is 33.6 Å². The van der Waals surface area contributed by atoms with Crippen LogP contribution in [0.3, 0.4) is 0 Å². The summed E-state index contributed by atoms with van der Waals surface area (Å²) in [5.74, 6) is -0.557. The lowest BCUT2D eigenvalue weighted by atomic mass is 10.1. The van der Waals surface area contributed by atoms with Gasteiger partial charge in [-0.15, -0.1) is 0 Å². The number of benzene rings is 1. The first kappa shape index (κ1) is 19.0. The summed E-state index contributed by atoms with van der Waals surface area (Å²) in [4.78, 5) is 35.8. The maximum atomic E-state index is 12.2. The molecule has 136 valence electrons. The minimum atomic E-state index is -0.388. The minimum absolute atomic E-state index is 0.0431. The second-order valence-corrected chi connectivity index (χ2v) is 6.71. The van der Waals surface area contributed by atoms with Gasteiger partial charge in [-0.2, -0.15) is 0 Å². The average molecular weight is 346 g/mol. The van der Waals surface area contributed by atoms with Crippen LogP contribution < -0.4 is 10.6 Å². The normalized spacial score (nSPS) is 18.6. The molecule has 2 rings (SSSR count). The molecule has 2 N–H and O–H groups in total. The summed E-state index contributed by atoms with van der Waals surface area (Å²) in [6.07, 6.45) is 1.52. The molecule has 1 aliphatic carbocycles. The monoisotopic (exact) mass is 346 g/mol. The number of ether oxygens (including phenoxy) is 1. The lowest BCUT2D eigenvalue weighted by Crippen LogP contribution is -2.28. The van der Waals surface area contributed by atoms with Gasteiger partial charge in [-0.05, 0) is 49.9 Å². The molecule has 0 radical (unpaired) electrons. The highest BCUT2D eigenvalue weighted by Gasteiger charge is 2.47. The zero-order valence-electron chi connectivity index (χ0n) is 15.0. The fraction of sp³-hybridized carbons (Fsp3) is 0.526. The van der Waals surface area contributed by atoms with Crippen LogP contribution in [0.25, 0.3) is 0 Å². The van der Waals surface area contributed by atoms with Gasteiger partial charge in [0.1, 0.15) is 0 Å². The van der Waals surface area contributed by atoms with Gasteiger partial charge in [0.25, 0.3) is 0 Å². The molecule has 0 aliphatic heterocycles. The Hall–Kier alpha value is -2.37. The van der Waals surface area contributed by atoms with E-state index in [0.29, 0.717) is 36.7 Å². The third-order valence-electron chi connectivity index (χ3n) is 4.15. The number of carbonyl (C=O) groups excluding carboxylic acids is 3. The summed E-state index contributed by atoms with van der Waals surface area (Å²) in [5, 5.41) is 5.68. The fourth-order valence-corrected chi connectivity index (χ4v) is 2.53. The highest BCUT2D eigenvalue weighted by atomic mass is 16.5. The Morgan fingerprint density at radius 1 is 1.12 bits per heavy atom. The lowest BCUT2D eigenvalue weighted by molar-refractivity contribution is -0.125. The molecule has 1 fully saturated rings. The summed E-state index contributed by atoms with van der Waals surface area (Å²) in [6, 6.07) is 6.53. The smallest absolute Gasteiger partial charge is 0.338 e. The molecule has 0 aromatic heterocycles. The molecule has 1 aromatic rings. The number of hydrogen-bond donors (Lipinski definition) is 2. The fourth-order valence-electron chi connectivity index (χ4n) is 2.53. The van der Waals surface area contributed by atoms with Gasteiger partial charge < -0.3 is 15.4 Å². The zero-order valence-corrected chi connectivity index (χ0v) is 15.0. The maximum absolute atomic E-state index is 12.2. The van der Waals surface area contributed by atoms with Crippen LogP contribution in [-0.4, -0.2) is 30.9 Å². The van der Waals surface area contributed by atoms with Crippen LogP contribution >= 0.6 is 0 Å². The first-order chi connectivity index (χ1) is 11.9. The van der Waals surface area contributed by atoms with E-state index in [1.54, 1.807) is 31.2 Å². The molecule has 0 bridgehead atoms. The van der Waals surface area contributed by atoms with Gasteiger partial charge >= 0.3 is 5.97 Å². The Labute approximate surface area is 148 Å². The Morgan fingerprint density at radius 3 is 2.36 bits per heavy atom. The van der Waals surface area contributed by atoms with Gasteiger partial charge in [-0.25, -0.2) is 4.79 Å². The third-order valence-corrected chi connectivity index (χ3v) is 4.15. The Balaban J connectivity index is 1.79. The van der Waals surface area contributed by atoms with Gasteiger partial charge in [0.05, 0.1) is 24.0 Å². The molecule has 0 saturated heterocycles. The van der Waals surface area contributed by atoms with E-state index in [0.717, 1.165) is 6.42 Å². The topological polar surface area (TPSA) is 84.5 Å². The van der Waals surface area contributed by atoms with E-state index in [9.17, 15) is 14.4 Å². The third kappa shape index (κ3) is 5.59. The van der Waals surface area contributed by atoms with Gasteiger partial charge in [0.15, 0.2) is 0 Å². The largest absolute Gasteiger partial charge is 0.462 e. The summed E-state index contributed by atoms with van der Waals surface area (Å²) in [6.45, 7) is 6.92. The van der Waals surface area contributed by atoms with Gasteiger partial charge in [0, 0.05) is 12.2 Å². The standard InChI is InChI=1S/C19H26N2O4/c1-4-25-19(24)13-5-7-14(8-6-13)21-18(23)16-11-15(16)17(22)20-10-9-12(2)3/h5-8,12,15-16H,4,9-11H2,1-3H3,(H,20,22)(H,21,23). The first-order valence-electron chi connectivity index (χ1n) is 8.78. The lowest BCUT2D eigenvalue weighted by Gasteiger charge is -2.08. The number of nitrogens with one attached hydrogen (secondary N) is 2. The average Bonchev–Trinajstić information content (AvgIpc) is 3.36. The first-order valence-corrected chi connectivity index (χ1v) is 8.78. The Morgan fingerprint density at radius 2 is 1.76 bits per heavy atom. The molecular formula is C19H26N2O4. The van der Waals surface area contributed by atoms with Crippen LogP contribution in [0.5, 0.6) is 0 Å². The van der Waals surface area contributed by atoms with E-state index in [1.807, 2.05) is 0 Å². The SMILES string of the molecule is CCOC(=O)c1ccc(NC(=O)C2CC2C(=O)NCCC(C)C)cc1. The predicted molar refractivity (Wildman–Crippen MR) is 95.1 cm³/mol. The number of carbonyl (C=O) groups is 3. The van der Waals surface area contributed by atoms with Gasteiger partial charge in [-0.1, -0.05) is 13.8 Å². The predicted octanol–water partition coefficient (Wildman–Crippen LogP) is 2.60. The van der Waals surface area contributed by atoms with Crippen molar-refractivity contribution < 1.29 is 19.1 Å². The van der Waals surface area contributed by atoms with Crippen LogP contribution in [0, 0.1) is 17.8 Å². The number of esters is 1. The molecule has 1 aromatic carbocycles. The van der Waals surface area contributed by atoms with Crippen LogP contribution in [0.1, 0.15) is 44.0 Å². The number of amides is 2. The second kappa shape index (κ2) is 8.65. The number of rotatable bonds is 8. The minimum Gasteiger partial charge on any atom is -0.462 e. The van der Waals surface area contributed by atoms with Crippen molar-refractivity contribution in [3.63, 3.8) is 0 Å². The number of hydrogen-bond acceptors (Lipinski definition) is 4. The summed E-state index contributed by atoms with van der Waals surface area (Å²) >= 11 is 0. The molecule has 2 atom stereocenters. The summed E-state index contributed by atoms with van der Waals surface area (Å²) in [5.41, 5.74) is 1.04. The van der Waals surface area contributed by atoms with Gasteiger partial charge in [0.2, 0.25) is 11.8 Å². The number of anilines is 1. The Kier molecular flexibility index (Phi) is 6.56. The van der Waals surface area contributed by atoms with Crippen molar-refractivity contribution in [3.05, 3.63) is 29.8 Å². The van der Waals surface area contributed by atoms with Crippen LogP contribution in [0.4, 0.5) is 5.69 Å². The van der Waals surface area contributed by atoms with Crippen molar-refractivity contribution in [2.24, 2.45) is 17.8 Å². The molecule has 2 unspecified atom stereocenters. The van der Waals surface area contributed by atoms with Crippen molar-refractivity contribution in [2.75, 3.05) is 18.5 Å². The molecule has 0 heterocycles. The summed E-state index contributed by atoms with van der Waals surface area (Å²) in [7, 11) is 0. The molecule has 2 amide bonds. The van der Waals surface area contributed by atoms with Crippen molar-refractivity contribution in [3.8, 4) is 0 Å². The molecule has 6 nitrogen and oxygen atoms in total. The van der Waals surface area contributed by atoms with E-state index in [1.165, 1.54) is 0 Å². The molecule has 1 saturated carbocycles. The molecular weight excluding hydrogens is 320 g/mol. The van der Waals surface area contributed by atoms with E-state index in [-0.39, 0.29) is 29.6 Å². The Bertz CT molecular complexity index is 625. The van der Waals surface area contributed by atoms with E-state index in [4.69, 9.17) is 4.74 Å². The molecule has 25 heavy (non-hydrogen) atoms. The van der Waals surface area contributed by atoms with E-state index in [2.05, 4.69) is 24.5 Å². The van der Waals surface area contributed by atoms with E-state index < -0.39 is 0 Å². The van der Waals surface area contributed by atoms with Crippen LogP contribution in [0.2, 0.25) is 0 Å². The van der Waals surface area contributed by atoms with Crippen LogP contribution in [-0.2, 0) is 14.3 Å². The van der Waals surface area contributed by atoms with Crippen molar-refractivity contribution in [1.29, 1.82) is 0 Å². The highest BCUT2D eigenvalue weighted by molar-refractivity contribution is 5.99.